The van der Waals surface area contributed by atoms with Gasteiger partial charge in [0.25, 0.3) is 0 Å². The molecule has 0 fully saturated rings. The fraction of sp³-hybridized carbons (Fsp3) is 0.200. The summed E-state index contributed by atoms with van der Waals surface area (Å²) in [6, 6.07) is 0. The Morgan fingerprint density at radius 1 is 1.00 bits per heavy atom. The van der Waals surface area contributed by atoms with Gasteiger partial charge >= 0.3 is 0 Å². The highest BCUT2D eigenvalue weighted by molar-refractivity contribution is 5.07. The van der Waals surface area contributed by atoms with Crippen molar-refractivity contribution in [2.45, 2.75) is 0 Å². The molecular formula is C10H13NO. The highest BCUT2D eigenvalue weighted by atomic mass is 16.5. The highest BCUT2D eigenvalue weighted by Gasteiger charge is 1.75. The molecule has 64 valence electrons. The van der Waals surface area contributed by atoms with Gasteiger partial charge in [0.15, 0.2) is 0 Å². The Morgan fingerprint density at radius 3 is 2.08 bits per heavy atom. The second kappa shape index (κ2) is 6.28. The molecule has 2 rings (SSSR count). The normalized spacial score (nSPS) is 17.3. The first-order valence-corrected chi connectivity index (χ1v) is 3.98. The molecule has 2 nitrogen and oxygen atoms in total. The topological polar surface area (TPSA) is 21.3 Å². The summed E-state index contributed by atoms with van der Waals surface area (Å²) in [4.78, 5) is 0. The molecular weight excluding hydrogens is 150 g/mol. The third-order valence-electron chi connectivity index (χ3n) is 1.31. The van der Waals surface area contributed by atoms with E-state index in [0.29, 0.717) is 0 Å². The number of ether oxygens (including phenoxy) is 1. The minimum atomic E-state index is 0.733. The maximum atomic E-state index is 4.80. The Labute approximate surface area is 72.9 Å². The molecule has 0 saturated heterocycles. The predicted molar refractivity (Wildman–Crippen MR) is 50.5 cm³/mol. The van der Waals surface area contributed by atoms with E-state index in [1.807, 2.05) is 36.6 Å². The zero-order valence-electron chi connectivity index (χ0n) is 6.94. The van der Waals surface area contributed by atoms with Gasteiger partial charge in [0.1, 0.15) is 6.61 Å². The molecule has 0 aromatic heterocycles. The molecule has 2 heterocycles. The van der Waals surface area contributed by atoms with Crippen LogP contribution in [0.2, 0.25) is 0 Å². The largest absolute Gasteiger partial charge is 0.497 e. The molecule has 12 heavy (non-hydrogen) atoms. The van der Waals surface area contributed by atoms with Crippen molar-refractivity contribution >= 4 is 0 Å². The minimum absolute atomic E-state index is 0.733. The van der Waals surface area contributed by atoms with Gasteiger partial charge in [0.2, 0.25) is 0 Å². The van der Waals surface area contributed by atoms with Crippen LogP contribution in [0.3, 0.4) is 0 Å². The number of rotatable bonds is 0. The molecule has 0 atom stereocenters. The Kier molecular flexibility index (Phi) is 4.53. The van der Waals surface area contributed by atoms with Gasteiger partial charge in [-0.05, 0) is 24.4 Å². The summed E-state index contributed by atoms with van der Waals surface area (Å²) in [5.41, 5.74) is 0. The van der Waals surface area contributed by atoms with Crippen LogP contribution >= 0.6 is 0 Å². The second-order valence-corrected chi connectivity index (χ2v) is 2.29. The van der Waals surface area contributed by atoms with Gasteiger partial charge < -0.3 is 10.1 Å². The summed E-state index contributed by atoms with van der Waals surface area (Å²) in [5, 5.41) is 3.02. The van der Waals surface area contributed by atoms with Gasteiger partial charge in [-0.2, -0.15) is 0 Å². The monoisotopic (exact) mass is 163 g/mol. The zero-order chi connectivity index (χ0) is 8.49. The van der Waals surface area contributed by atoms with Crippen molar-refractivity contribution in [2.24, 2.45) is 0 Å². The van der Waals surface area contributed by atoms with Crippen molar-refractivity contribution < 1.29 is 4.74 Å². The molecule has 2 aliphatic heterocycles. The number of dihydropyridines is 1. The van der Waals surface area contributed by atoms with E-state index in [0.717, 1.165) is 13.2 Å². The van der Waals surface area contributed by atoms with Gasteiger partial charge in [-0.25, -0.2) is 0 Å². The summed E-state index contributed by atoms with van der Waals surface area (Å²) < 4.78 is 4.80. The van der Waals surface area contributed by atoms with E-state index in [2.05, 4.69) is 11.4 Å². The molecule has 0 saturated carbocycles. The van der Waals surface area contributed by atoms with Crippen LogP contribution in [-0.4, -0.2) is 13.2 Å². The predicted octanol–water partition coefficient (Wildman–Crippen LogP) is 1.75. The van der Waals surface area contributed by atoms with Crippen LogP contribution < -0.4 is 5.32 Å². The van der Waals surface area contributed by atoms with Crippen LogP contribution in [0.1, 0.15) is 0 Å². The Hall–Kier alpha value is -1.44. The van der Waals surface area contributed by atoms with Crippen LogP contribution in [0.4, 0.5) is 0 Å². The molecule has 0 aliphatic carbocycles. The van der Waals surface area contributed by atoms with Crippen molar-refractivity contribution in [1.82, 2.24) is 5.32 Å². The summed E-state index contributed by atoms with van der Waals surface area (Å²) in [7, 11) is 0. The standard InChI is InChI=1S/C5H7N.C5H6O/c2*1-2-4-6-5-3-1/h1-4,6H,5H2;1-4H,5H2. The lowest BCUT2D eigenvalue weighted by Crippen LogP contribution is -2.05. The van der Waals surface area contributed by atoms with E-state index in [-0.39, 0.29) is 0 Å². The van der Waals surface area contributed by atoms with E-state index >= 15 is 0 Å². The minimum Gasteiger partial charge on any atom is -0.497 e. The summed E-state index contributed by atoms with van der Waals surface area (Å²) >= 11 is 0. The first kappa shape index (κ1) is 8.65. The van der Waals surface area contributed by atoms with Crippen molar-refractivity contribution in [2.75, 3.05) is 13.2 Å². The lowest BCUT2D eigenvalue weighted by atomic mass is 10.4. The van der Waals surface area contributed by atoms with Crippen molar-refractivity contribution in [3.05, 3.63) is 48.9 Å². The van der Waals surface area contributed by atoms with Crippen molar-refractivity contribution in [3.8, 4) is 0 Å². The molecule has 0 aromatic carbocycles. The smallest absolute Gasteiger partial charge is 0.106 e. The third-order valence-corrected chi connectivity index (χ3v) is 1.31. The van der Waals surface area contributed by atoms with Crippen molar-refractivity contribution in [1.29, 1.82) is 0 Å². The number of nitrogens with one attached hydrogen (secondary N) is 1. The molecule has 0 radical (unpaired) electrons. The van der Waals surface area contributed by atoms with E-state index < -0.39 is 0 Å². The van der Waals surface area contributed by atoms with Gasteiger partial charge in [-0.1, -0.05) is 18.2 Å². The van der Waals surface area contributed by atoms with Crippen LogP contribution in [0.15, 0.2) is 48.9 Å². The van der Waals surface area contributed by atoms with Crippen molar-refractivity contribution in [3.63, 3.8) is 0 Å². The quantitative estimate of drug-likeness (QED) is 0.587. The first-order valence-electron chi connectivity index (χ1n) is 3.98. The molecule has 1 N–H and O–H groups in total. The number of allylic oxidation sites excluding steroid dienone is 4. The van der Waals surface area contributed by atoms with Crippen LogP contribution in [0.5, 0.6) is 0 Å². The Bertz CT molecular complexity index is 166. The molecule has 0 aromatic rings. The van der Waals surface area contributed by atoms with Gasteiger partial charge in [-0.15, -0.1) is 0 Å². The highest BCUT2D eigenvalue weighted by Crippen LogP contribution is 1.87. The molecule has 0 unspecified atom stereocenters. The van der Waals surface area contributed by atoms with Crippen LogP contribution in [0.25, 0.3) is 0 Å². The average molecular weight is 163 g/mol. The fourth-order valence-corrected chi connectivity index (χ4v) is 0.752. The molecule has 0 amide bonds. The summed E-state index contributed by atoms with van der Waals surface area (Å²) in [6.07, 6.45) is 15.5. The lowest BCUT2D eigenvalue weighted by Gasteiger charge is -1.94. The van der Waals surface area contributed by atoms with Gasteiger partial charge in [0.05, 0.1) is 6.26 Å². The first-order chi connectivity index (χ1) is 6.00. The van der Waals surface area contributed by atoms with E-state index in [1.165, 1.54) is 0 Å². The number of hydrogen-bond acceptors (Lipinski definition) is 2. The third kappa shape index (κ3) is 4.39. The Balaban J connectivity index is 0.000000120. The van der Waals surface area contributed by atoms with E-state index in [9.17, 15) is 0 Å². The average Bonchev–Trinajstić information content (AvgIpc) is 2.24. The fourth-order valence-electron chi connectivity index (χ4n) is 0.752. The van der Waals surface area contributed by atoms with Gasteiger partial charge in [0, 0.05) is 6.54 Å². The van der Waals surface area contributed by atoms with Crippen LogP contribution in [-0.2, 0) is 4.74 Å². The number of hydrogen-bond donors (Lipinski definition) is 1. The molecule has 2 heteroatoms. The SMILES string of the molecule is C1=CCNC=C1.C1=CCOC=C1. The molecule has 0 spiro atoms. The van der Waals surface area contributed by atoms with Crippen LogP contribution in [0, 0.1) is 0 Å². The van der Waals surface area contributed by atoms with Gasteiger partial charge in [-0.3, -0.25) is 0 Å². The lowest BCUT2D eigenvalue weighted by molar-refractivity contribution is 0.286. The summed E-state index contributed by atoms with van der Waals surface area (Å²) in [6.45, 7) is 1.72. The Morgan fingerprint density at radius 2 is 1.92 bits per heavy atom. The maximum absolute atomic E-state index is 4.80. The zero-order valence-corrected chi connectivity index (χ0v) is 6.94. The van der Waals surface area contributed by atoms with E-state index in [4.69, 9.17) is 4.74 Å². The maximum Gasteiger partial charge on any atom is 0.106 e. The molecule has 0 bridgehead atoms. The van der Waals surface area contributed by atoms with E-state index in [1.54, 1.807) is 6.26 Å². The molecule has 2 aliphatic rings. The second-order valence-electron chi connectivity index (χ2n) is 2.29. The summed E-state index contributed by atoms with van der Waals surface area (Å²) in [5.74, 6) is 0.